The van der Waals surface area contributed by atoms with Crippen LogP contribution in [0.25, 0.3) is 0 Å². The summed E-state index contributed by atoms with van der Waals surface area (Å²) < 4.78 is 0. The van der Waals surface area contributed by atoms with Gasteiger partial charge in [0.1, 0.15) is 5.82 Å². The summed E-state index contributed by atoms with van der Waals surface area (Å²) in [7, 11) is 1.82. The number of pyridine rings is 1. The van der Waals surface area contributed by atoms with Crippen LogP contribution in [-0.2, 0) is 0 Å². The molecule has 5 nitrogen and oxygen atoms in total. The highest BCUT2D eigenvalue weighted by molar-refractivity contribution is 6.30. The molecule has 1 unspecified atom stereocenters. The molecule has 1 atom stereocenters. The van der Waals surface area contributed by atoms with Gasteiger partial charge in [-0.3, -0.25) is 9.97 Å². The summed E-state index contributed by atoms with van der Waals surface area (Å²) in [5, 5.41) is 3.66. The Bertz CT molecular complexity index is 502. The topological polar surface area (TPSA) is 76.7 Å². The minimum absolute atomic E-state index is 0.171. The van der Waals surface area contributed by atoms with Gasteiger partial charge in [0.25, 0.3) is 0 Å². The lowest BCUT2D eigenvalue weighted by atomic mass is 10.1. The highest BCUT2D eigenvalue weighted by atomic mass is 35.5. The van der Waals surface area contributed by atoms with Crippen molar-refractivity contribution in [3.8, 4) is 0 Å². The summed E-state index contributed by atoms with van der Waals surface area (Å²) in [5.41, 5.74) is 7.41. The highest BCUT2D eigenvalue weighted by Gasteiger charge is 2.17. The SMILES string of the molecule is CNC(c1cnccn1)c1cc(Cl)cnc1N. The van der Waals surface area contributed by atoms with Gasteiger partial charge in [-0.05, 0) is 13.1 Å². The summed E-state index contributed by atoms with van der Waals surface area (Å²) in [5.74, 6) is 0.430. The van der Waals surface area contributed by atoms with Crippen molar-refractivity contribution >= 4 is 17.4 Å². The molecule has 2 heterocycles. The van der Waals surface area contributed by atoms with Crippen LogP contribution in [0.4, 0.5) is 5.82 Å². The lowest BCUT2D eigenvalue weighted by molar-refractivity contribution is 0.666. The average Bonchev–Trinajstić information content (AvgIpc) is 2.36. The molecule has 3 N–H and O–H groups in total. The fraction of sp³-hybridized carbons (Fsp3) is 0.182. The van der Waals surface area contributed by atoms with Crippen LogP contribution in [-0.4, -0.2) is 22.0 Å². The maximum Gasteiger partial charge on any atom is 0.128 e. The first-order chi connectivity index (χ1) is 8.22. The van der Waals surface area contributed by atoms with E-state index in [1.165, 1.54) is 6.20 Å². The first-order valence-corrected chi connectivity index (χ1v) is 5.44. The van der Waals surface area contributed by atoms with Gasteiger partial charge in [0.15, 0.2) is 0 Å². The molecular formula is C11H12ClN5. The monoisotopic (exact) mass is 249 g/mol. The molecule has 0 saturated heterocycles. The van der Waals surface area contributed by atoms with Crippen LogP contribution in [0.3, 0.4) is 0 Å². The molecule has 0 aliphatic heterocycles. The molecular weight excluding hydrogens is 238 g/mol. The van der Waals surface area contributed by atoms with Crippen LogP contribution < -0.4 is 11.1 Å². The Balaban J connectivity index is 2.46. The Morgan fingerprint density at radius 2 is 2.12 bits per heavy atom. The number of nitrogens with two attached hydrogens (primary N) is 1. The molecule has 17 heavy (non-hydrogen) atoms. The van der Waals surface area contributed by atoms with Crippen molar-refractivity contribution in [3.05, 3.63) is 47.1 Å². The van der Waals surface area contributed by atoms with E-state index in [1.54, 1.807) is 24.7 Å². The Labute approximate surface area is 104 Å². The molecule has 2 rings (SSSR count). The van der Waals surface area contributed by atoms with Crippen molar-refractivity contribution in [1.29, 1.82) is 0 Å². The van der Waals surface area contributed by atoms with E-state index in [0.717, 1.165) is 11.3 Å². The molecule has 2 aromatic rings. The third-order valence-corrected chi connectivity index (χ3v) is 2.60. The Kier molecular flexibility index (Phi) is 3.51. The van der Waals surface area contributed by atoms with E-state index in [9.17, 15) is 0 Å². The molecule has 0 fully saturated rings. The standard InChI is InChI=1S/C11H12ClN5/c1-14-10(9-6-15-2-3-16-9)8-4-7(12)5-17-11(8)13/h2-6,10,14H,1H3,(H2,13,17). The Hall–Kier alpha value is -1.72. The van der Waals surface area contributed by atoms with Crippen LogP contribution in [0.1, 0.15) is 17.3 Å². The summed E-state index contributed by atoms with van der Waals surface area (Å²) >= 11 is 5.92. The minimum Gasteiger partial charge on any atom is -0.383 e. The number of nitrogens with zero attached hydrogens (tertiary/aromatic N) is 3. The van der Waals surface area contributed by atoms with E-state index in [0.29, 0.717) is 10.8 Å². The number of rotatable bonds is 3. The van der Waals surface area contributed by atoms with Crippen LogP contribution >= 0.6 is 11.6 Å². The van der Waals surface area contributed by atoms with Gasteiger partial charge < -0.3 is 11.1 Å². The van der Waals surface area contributed by atoms with E-state index in [2.05, 4.69) is 20.3 Å². The molecule has 6 heteroatoms. The second-order valence-electron chi connectivity index (χ2n) is 3.48. The third kappa shape index (κ3) is 2.51. The van der Waals surface area contributed by atoms with E-state index in [1.807, 2.05) is 7.05 Å². The molecule has 0 aliphatic carbocycles. The van der Waals surface area contributed by atoms with Gasteiger partial charge in [0.05, 0.1) is 23.0 Å². The van der Waals surface area contributed by atoms with Gasteiger partial charge in [-0.2, -0.15) is 0 Å². The van der Waals surface area contributed by atoms with Crippen molar-refractivity contribution < 1.29 is 0 Å². The number of nitrogens with one attached hydrogen (secondary N) is 1. The third-order valence-electron chi connectivity index (χ3n) is 2.39. The van der Waals surface area contributed by atoms with E-state index >= 15 is 0 Å². The summed E-state index contributed by atoms with van der Waals surface area (Å²) in [6.45, 7) is 0. The molecule has 0 amide bonds. The molecule has 2 aromatic heterocycles. The molecule has 0 aromatic carbocycles. The number of aromatic nitrogens is 3. The predicted octanol–water partition coefficient (Wildman–Crippen LogP) is 1.42. The first kappa shape index (κ1) is 11.8. The molecule has 0 saturated carbocycles. The quantitative estimate of drug-likeness (QED) is 0.860. The van der Waals surface area contributed by atoms with Gasteiger partial charge in [-0.15, -0.1) is 0 Å². The second kappa shape index (κ2) is 5.07. The van der Waals surface area contributed by atoms with Crippen molar-refractivity contribution in [2.24, 2.45) is 0 Å². The van der Waals surface area contributed by atoms with Crippen molar-refractivity contribution in [3.63, 3.8) is 0 Å². The molecule has 0 bridgehead atoms. The zero-order valence-corrected chi connectivity index (χ0v) is 10.0. The van der Waals surface area contributed by atoms with E-state index in [-0.39, 0.29) is 6.04 Å². The lowest BCUT2D eigenvalue weighted by Crippen LogP contribution is -2.20. The summed E-state index contributed by atoms with van der Waals surface area (Å²) in [6, 6.07) is 1.61. The first-order valence-electron chi connectivity index (χ1n) is 5.06. The largest absolute Gasteiger partial charge is 0.383 e. The van der Waals surface area contributed by atoms with Gasteiger partial charge in [0.2, 0.25) is 0 Å². The Morgan fingerprint density at radius 3 is 2.76 bits per heavy atom. The minimum atomic E-state index is -0.171. The molecule has 0 aliphatic rings. The van der Waals surface area contributed by atoms with Crippen LogP contribution in [0.5, 0.6) is 0 Å². The fourth-order valence-electron chi connectivity index (χ4n) is 1.62. The van der Waals surface area contributed by atoms with Crippen LogP contribution in [0, 0.1) is 0 Å². The van der Waals surface area contributed by atoms with Gasteiger partial charge in [0, 0.05) is 24.2 Å². The summed E-state index contributed by atoms with van der Waals surface area (Å²) in [4.78, 5) is 12.3. The molecule has 88 valence electrons. The van der Waals surface area contributed by atoms with Crippen molar-refractivity contribution in [2.45, 2.75) is 6.04 Å². The van der Waals surface area contributed by atoms with Crippen LogP contribution in [0.15, 0.2) is 30.9 Å². The Morgan fingerprint density at radius 1 is 1.29 bits per heavy atom. The number of anilines is 1. The van der Waals surface area contributed by atoms with Crippen LogP contribution in [0.2, 0.25) is 5.02 Å². The van der Waals surface area contributed by atoms with Crippen molar-refractivity contribution in [1.82, 2.24) is 20.3 Å². The van der Waals surface area contributed by atoms with Gasteiger partial charge in [-0.1, -0.05) is 11.6 Å². The van der Waals surface area contributed by atoms with E-state index in [4.69, 9.17) is 17.3 Å². The highest BCUT2D eigenvalue weighted by Crippen LogP contribution is 2.25. The normalized spacial score (nSPS) is 12.4. The average molecular weight is 250 g/mol. The van der Waals surface area contributed by atoms with E-state index < -0.39 is 0 Å². The van der Waals surface area contributed by atoms with Gasteiger partial charge in [-0.25, -0.2) is 4.98 Å². The number of hydrogen-bond donors (Lipinski definition) is 2. The predicted molar refractivity (Wildman–Crippen MR) is 66.6 cm³/mol. The number of hydrogen-bond acceptors (Lipinski definition) is 5. The lowest BCUT2D eigenvalue weighted by Gasteiger charge is -2.17. The summed E-state index contributed by atoms with van der Waals surface area (Å²) in [6.07, 6.45) is 6.45. The zero-order valence-electron chi connectivity index (χ0n) is 9.26. The van der Waals surface area contributed by atoms with Gasteiger partial charge >= 0.3 is 0 Å². The fourth-order valence-corrected chi connectivity index (χ4v) is 1.79. The maximum absolute atomic E-state index is 5.92. The molecule has 0 spiro atoms. The number of nitrogen functional groups attached to an aromatic ring is 1. The number of halogens is 1. The smallest absolute Gasteiger partial charge is 0.128 e. The molecule has 0 radical (unpaired) electrons. The van der Waals surface area contributed by atoms with Crippen molar-refractivity contribution in [2.75, 3.05) is 12.8 Å². The zero-order chi connectivity index (χ0) is 12.3. The maximum atomic E-state index is 5.92. The second-order valence-corrected chi connectivity index (χ2v) is 3.92.